The molecule has 1 aliphatic heterocycles. The Morgan fingerprint density at radius 3 is 2.66 bits per heavy atom. The summed E-state index contributed by atoms with van der Waals surface area (Å²) in [7, 11) is 0. The maximum atomic E-state index is 13.9. The highest BCUT2D eigenvalue weighted by Gasteiger charge is 2.49. The predicted molar refractivity (Wildman–Crippen MR) is 172 cm³/mol. The molecule has 226 valence electrons. The van der Waals surface area contributed by atoms with Gasteiger partial charge in [0, 0.05) is 11.2 Å². The van der Waals surface area contributed by atoms with E-state index in [1.807, 2.05) is 13.0 Å². The number of aliphatic hydroxyl groups is 1. The number of anilines is 1. The van der Waals surface area contributed by atoms with E-state index in [9.17, 15) is 14.7 Å². The van der Waals surface area contributed by atoms with E-state index in [4.69, 9.17) is 21.1 Å². The average Bonchev–Trinajstić information content (AvgIpc) is 3.63. The molecule has 0 radical (unpaired) electrons. The summed E-state index contributed by atoms with van der Waals surface area (Å²) >= 11 is 7.47. The van der Waals surface area contributed by atoms with Crippen LogP contribution >= 0.6 is 22.9 Å². The molecule has 1 aliphatic rings. The molecule has 0 bridgehead atoms. The average molecular weight is 631 g/mol. The first-order valence-electron chi connectivity index (χ1n) is 14.4. The number of thiazole rings is 1. The molecule has 0 aliphatic carbocycles. The molecule has 11 heteroatoms. The molecular weight excluding hydrogens is 600 g/mol. The fraction of sp³-hybridized carbons (Fsp3) is 0.273. The molecule has 4 heterocycles. The smallest absolute Gasteiger partial charge is 0.301 e. The number of hydrogen-bond donors (Lipinski definition) is 1. The lowest BCUT2D eigenvalue weighted by atomic mass is 9.96. The number of imidazole rings is 1. The number of halogens is 1. The molecule has 1 saturated heterocycles. The molecule has 0 spiro atoms. The number of ether oxygens (including phenoxy) is 2. The normalized spacial score (nSPS) is 16.5. The second-order valence-corrected chi connectivity index (χ2v) is 12.4. The number of carbonyl (C=O) groups excluding carboxylic acids is 2. The molecule has 1 unspecified atom stereocenters. The van der Waals surface area contributed by atoms with Crippen molar-refractivity contribution in [2.24, 2.45) is 5.92 Å². The first-order valence-corrected chi connectivity index (χ1v) is 15.6. The topological polar surface area (TPSA) is 106 Å². The Morgan fingerprint density at radius 1 is 1.07 bits per heavy atom. The Hall–Kier alpha value is -4.41. The van der Waals surface area contributed by atoms with Gasteiger partial charge >= 0.3 is 5.91 Å². The second-order valence-electron chi connectivity index (χ2n) is 10.9. The summed E-state index contributed by atoms with van der Waals surface area (Å²) < 4.78 is 14.5. The van der Waals surface area contributed by atoms with Crippen molar-refractivity contribution in [2.75, 3.05) is 18.1 Å². The number of rotatable bonds is 9. The molecule has 1 atom stereocenters. The summed E-state index contributed by atoms with van der Waals surface area (Å²) in [6, 6.07) is 15.0. The zero-order chi connectivity index (χ0) is 31.1. The summed E-state index contributed by atoms with van der Waals surface area (Å²) in [4.78, 5) is 38.3. The van der Waals surface area contributed by atoms with E-state index in [0.717, 1.165) is 11.1 Å². The first kappa shape index (κ1) is 29.7. The van der Waals surface area contributed by atoms with Crippen LogP contribution in [0.25, 0.3) is 21.6 Å². The van der Waals surface area contributed by atoms with Gasteiger partial charge in [0.05, 0.1) is 40.7 Å². The summed E-state index contributed by atoms with van der Waals surface area (Å²) in [6.07, 6.45) is 2.62. The maximum Gasteiger partial charge on any atom is 0.301 e. The Labute approximate surface area is 263 Å². The number of aryl methyl sites for hydroxylation is 1. The lowest BCUT2D eigenvalue weighted by molar-refractivity contribution is -0.132. The molecule has 2 aromatic carbocycles. The minimum atomic E-state index is -1.01. The third-order valence-corrected chi connectivity index (χ3v) is 8.71. The van der Waals surface area contributed by atoms with Gasteiger partial charge in [-0.2, -0.15) is 0 Å². The van der Waals surface area contributed by atoms with Crippen LogP contribution in [0.1, 0.15) is 50.2 Å². The van der Waals surface area contributed by atoms with Crippen molar-refractivity contribution in [2.45, 2.75) is 40.2 Å². The monoisotopic (exact) mass is 630 g/mol. The van der Waals surface area contributed by atoms with E-state index in [0.29, 0.717) is 68.9 Å². The number of ketones is 1. The van der Waals surface area contributed by atoms with Crippen LogP contribution < -0.4 is 14.4 Å². The second kappa shape index (κ2) is 11.9. The van der Waals surface area contributed by atoms with Gasteiger partial charge < -0.3 is 14.6 Å². The molecule has 3 aromatic heterocycles. The molecular formula is C33H31ClN4O5S. The van der Waals surface area contributed by atoms with Crippen LogP contribution in [0.15, 0.2) is 66.4 Å². The molecule has 9 nitrogen and oxygen atoms in total. The van der Waals surface area contributed by atoms with Crippen LogP contribution in [0, 0.1) is 12.8 Å². The fourth-order valence-corrected chi connectivity index (χ4v) is 6.62. The van der Waals surface area contributed by atoms with Gasteiger partial charge in [0.15, 0.2) is 22.4 Å². The van der Waals surface area contributed by atoms with Crippen LogP contribution in [0.5, 0.6) is 11.5 Å². The van der Waals surface area contributed by atoms with E-state index in [1.54, 1.807) is 66.1 Å². The van der Waals surface area contributed by atoms with Crippen LogP contribution in [0.4, 0.5) is 5.13 Å². The quantitative estimate of drug-likeness (QED) is 0.103. The number of fused-ring (bicyclic) bond motifs is 2. The molecule has 1 N–H and O–H groups in total. The van der Waals surface area contributed by atoms with Crippen LogP contribution in [-0.2, 0) is 9.59 Å². The number of benzene rings is 2. The van der Waals surface area contributed by atoms with Crippen LogP contribution in [0.3, 0.4) is 0 Å². The number of carbonyl (C=O) groups is 2. The van der Waals surface area contributed by atoms with Gasteiger partial charge in [-0.1, -0.05) is 48.9 Å². The Morgan fingerprint density at radius 2 is 1.89 bits per heavy atom. The van der Waals surface area contributed by atoms with Gasteiger partial charge in [-0.3, -0.25) is 18.9 Å². The Bertz CT molecular complexity index is 1950. The summed E-state index contributed by atoms with van der Waals surface area (Å²) in [5.74, 6) is -0.460. The molecule has 44 heavy (non-hydrogen) atoms. The van der Waals surface area contributed by atoms with Crippen molar-refractivity contribution in [3.8, 4) is 11.5 Å². The number of Topliss-reactive ketones (excluding diaryl/α,β-unsaturated/α-hetero) is 1. The number of aliphatic hydroxyl groups excluding tert-OH is 1. The molecule has 5 aromatic rings. The number of pyridine rings is 1. The SMILES string of the molecule is CCOc1cc(C2/C(=C(\O)c3c(C)nc4ccccn34)C(=O)C(=O)N2c2nc3ccc(Cl)cc3s2)ccc1OCCC(C)C. The van der Waals surface area contributed by atoms with Crippen molar-refractivity contribution in [1.29, 1.82) is 0 Å². The Kier molecular flexibility index (Phi) is 8.04. The number of nitrogens with zero attached hydrogens (tertiary/aromatic N) is 4. The summed E-state index contributed by atoms with van der Waals surface area (Å²) in [6.45, 7) is 8.76. The number of hydrogen-bond acceptors (Lipinski definition) is 8. The van der Waals surface area contributed by atoms with Gasteiger partial charge in [-0.15, -0.1) is 0 Å². The lowest BCUT2D eigenvalue weighted by Gasteiger charge is -2.24. The molecule has 1 amide bonds. The van der Waals surface area contributed by atoms with Gasteiger partial charge in [0.25, 0.3) is 5.78 Å². The van der Waals surface area contributed by atoms with Crippen LogP contribution in [-0.4, -0.2) is 44.4 Å². The molecule has 0 saturated carbocycles. The largest absolute Gasteiger partial charge is 0.505 e. The first-order chi connectivity index (χ1) is 21.2. The summed E-state index contributed by atoms with van der Waals surface area (Å²) in [5.41, 5.74) is 2.56. The van der Waals surface area contributed by atoms with Crippen molar-refractivity contribution < 1.29 is 24.2 Å². The fourth-order valence-electron chi connectivity index (χ4n) is 5.35. The highest BCUT2D eigenvalue weighted by molar-refractivity contribution is 7.22. The summed E-state index contributed by atoms with van der Waals surface area (Å²) in [5, 5.41) is 12.7. The van der Waals surface area contributed by atoms with E-state index in [1.165, 1.54) is 16.2 Å². The van der Waals surface area contributed by atoms with E-state index >= 15 is 0 Å². The lowest BCUT2D eigenvalue weighted by Crippen LogP contribution is -2.29. The zero-order valence-electron chi connectivity index (χ0n) is 24.7. The minimum Gasteiger partial charge on any atom is -0.505 e. The van der Waals surface area contributed by atoms with Crippen molar-refractivity contribution >= 4 is 61.4 Å². The van der Waals surface area contributed by atoms with Crippen molar-refractivity contribution in [3.05, 3.63) is 88.3 Å². The van der Waals surface area contributed by atoms with E-state index in [-0.39, 0.29) is 11.3 Å². The zero-order valence-corrected chi connectivity index (χ0v) is 26.3. The maximum absolute atomic E-state index is 13.9. The van der Waals surface area contributed by atoms with Crippen molar-refractivity contribution in [1.82, 2.24) is 14.4 Å². The number of aromatic nitrogens is 3. The van der Waals surface area contributed by atoms with Gasteiger partial charge in [0.2, 0.25) is 0 Å². The molecule has 6 rings (SSSR count). The van der Waals surface area contributed by atoms with Gasteiger partial charge in [-0.05, 0) is 74.2 Å². The van der Waals surface area contributed by atoms with Crippen LogP contribution in [0.2, 0.25) is 5.02 Å². The van der Waals surface area contributed by atoms with E-state index < -0.39 is 17.7 Å². The van der Waals surface area contributed by atoms with Crippen molar-refractivity contribution in [3.63, 3.8) is 0 Å². The Balaban J connectivity index is 1.55. The highest BCUT2D eigenvalue weighted by atomic mass is 35.5. The number of amides is 1. The third kappa shape index (κ3) is 5.28. The van der Waals surface area contributed by atoms with Gasteiger partial charge in [0.1, 0.15) is 11.3 Å². The molecule has 1 fully saturated rings. The van der Waals surface area contributed by atoms with Gasteiger partial charge in [-0.25, -0.2) is 9.97 Å². The standard InChI is InChI=1S/C33H31ClN4O5S/c1-5-42-24-16-20(9-12-23(24)43-15-13-18(2)3)29-27(30(39)28-19(4)35-26-8-6-7-14-37(26)28)31(40)32(41)38(29)33-36-22-11-10-21(34)17-25(22)44-33/h6-12,14,16-18,29,39H,5,13,15H2,1-4H3/b30-27+. The third-order valence-electron chi connectivity index (χ3n) is 7.45. The van der Waals surface area contributed by atoms with E-state index in [2.05, 4.69) is 23.8 Å². The predicted octanol–water partition coefficient (Wildman–Crippen LogP) is 7.36. The minimum absolute atomic E-state index is 0.0723. The highest BCUT2D eigenvalue weighted by Crippen LogP contribution is 2.46.